The minimum absolute atomic E-state index is 0.0504. The Bertz CT molecular complexity index is 849. The fraction of sp³-hybridized carbons (Fsp3) is 0. The number of H-pyrrole nitrogens is 1. The summed E-state index contributed by atoms with van der Waals surface area (Å²) in [5, 5.41) is 10.2. The van der Waals surface area contributed by atoms with Gasteiger partial charge in [-0.15, -0.1) is 0 Å². The van der Waals surface area contributed by atoms with Crippen molar-refractivity contribution in [1.82, 2.24) is 15.2 Å². The standard InChI is InChI=1S/C13H7Cl2FN4O/c14-7-1-4-10(16)19-12(7)13(21)18-9-3-2-8-6(11(9)15)5-17-20-8/h1-5H,(H,17,20)(H,18,21). The summed E-state index contributed by atoms with van der Waals surface area (Å²) < 4.78 is 13.1. The summed E-state index contributed by atoms with van der Waals surface area (Å²) in [4.78, 5) is 15.6. The molecule has 0 fully saturated rings. The molecule has 0 unspecified atom stereocenters. The lowest BCUT2D eigenvalue weighted by Gasteiger charge is -2.08. The average Bonchev–Trinajstić information content (AvgIpc) is 2.93. The Morgan fingerprint density at radius 3 is 2.86 bits per heavy atom. The van der Waals surface area contributed by atoms with Crippen LogP contribution in [0.15, 0.2) is 30.5 Å². The van der Waals surface area contributed by atoms with Gasteiger partial charge in [-0.25, -0.2) is 4.98 Å². The van der Waals surface area contributed by atoms with Crippen LogP contribution < -0.4 is 5.32 Å². The molecule has 8 heteroatoms. The predicted octanol–water partition coefficient (Wildman–Crippen LogP) is 3.66. The molecular weight excluding hydrogens is 318 g/mol. The molecule has 0 aliphatic rings. The lowest BCUT2D eigenvalue weighted by molar-refractivity contribution is 0.102. The number of pyridine rings is 1. The third-order valence-electron chi connectivity index (χ3n) is 2.83. The molecule has 0 atom stereocenters. The second-order valence-electron chi connectivity index (χ2n) is 4.18. The van der Waals surface area contributed by atoms with E-state index in [9.17, 15) is 9.18 Å². The van der Waals surface area contributed by atoms with Crippen LogP contribution >= 0.6 is 23.2 Å². The highest BCUT2D eigenvalue weighted by molar-refractivity contribution is 6.39. The summed E-state index contributed by atoms with van der Waals surface area (Å²) in [6.45, 7) is 0. The van der Waals surface area contributed by atoms with E-state index in [4.69, 9.17) is 23.2 Å². The number of carbonyl (C=O) groups excluding carboxylic acids is 1. The van der Waals surface area contributed by atoms with E-state index in [1.807, 2.05) is 0 Å². The molecule has 0 radical (unpaired) electrons. The zero-order valence-corrected chi connectivity index (χ0v) is 11.8. The third kappa shape index (κ3) is 2.55. The zero-order chi connectivity index (χ0) is 15.0. The van der Waals surface area contributed by atoms with Gasteiger partial charge in [-0.1, -0.05) is 23.2 Å². The number of halogens is 3. The zero-order valence-electron chi connectivity index (χ0n) is 10.3. The Hall–Kier alpha value is -2.18. The molecule has 0 saturated carbocycles. The number of hydrogen-bond acceptors (Lipinski definition) is 3. The van der Waals surface area contributed by atoms with Gasteiger partial charge in [0, 0.05) is 5.39 Å². The molecule has 0 aliphatic heterocycles. The summed E-state index contributed by atoms with van der Waals surface area (Å²) in [5.74, 6) is -1.44. The molecule has 2 heterocycles. The number of amides is 1. The topological polar surface area (TPSA) is 70.7 Å². The Labute approximate surface area is 128 Å². The normalized spacial score (nSPS) is 10.8. The molecule has 5 nitrogen and oxygen atoms in total. The van der Waals surface area contributed by atoms with Crippen LogP contribution in [0, 0.1) is 5.95 Å². The maximum Gasteiger partial charge on any atom is 0.275 e. The number of hydrogen-bond donors (Lipinski definition) is 2. The minimum Gasteiger partial charge on any atom is -0.319 e. The van der Waals surface area contributed by atoms with Gasteiger partial charge in [-0.05, 0) is 24.3 Å². The Balaban J connectivity index is 1.96. The molecule has 21 heavy (non-hydrogen) atoms. The van der Waals surface area contributed by atoms with Crippen LogP contribution in [-0.2, 0) is 0 Å². The molecule has 3 aromatic rings. The number of rotatable bonds is 2. The summed E-state index contributed by atoms with van der Waals surface area (Å²) >= 11 is 12.0. The molecule has 2 N–H and O–H groups in total. The van der Waals surface area contributed by atoms with E-state index in [1.54, 1.807) is 18.3 Å². The number of fused-ring (bicyclic) bond motifs is 1. The monoisotopic (exact) mass is 324 g/mol. The van der Waals surface area contributed by atoms with Crippen molar-refractivity contribution < 1.29 is 9.18 Å². The Kier molecular flexibility index (Phi) is 3.48. The van der Waals surface area contributed by atoms with Gasteiger partial charge in [-0.2, -0.15) is 9.49 Å². The molecule has 0 spiro atoms. The van der Waals surface area contributed by atoms with Crippen molar-refractivity contribution in [2.75, 3.05) is 5.32 Å². The first-order valence-electron chi connectivity index (χ1n) is 5.81. The van der Waals surface area contributed by atoms with Crippen LogP contribution in [0.25, 0.3) is 10.9 Å². The number of carbonyl (C=O) groups is 1. The number of benzene rings is 1. The van der Waals surface area contributed by atoms with Gasteiger partial charge in [0.1, 0.15) is 5.69 Å². The van der Waals surface area contributed by atoms with E-state index in [-0.39, 0.29) is 10.7 Å². The van der Waals surface area contributed by atoms with Crippen LogP contribution in [0.4, 0.5) is 10.1 Å². The van der Waals surface area contributed by atoms with Crippen molar-refractivity contribution >= 4 is 45.7 Å². The third-order valence-corrected chi connectivity index (χ3v) is 3.55. The molecule has 2 aromatic heterocycles. The van der Waals surface area contributed by atoms with Gasteiger partial charge >= 0.3 is 0 Å². The van der Waals surface area contributed by atoms with Crippen LogP contribution in [0.2, 0.25) is 10.0 Å². The highest BCUT2D eigenvalue weighted by Crippen LogP contribution is 2.30. The lowest BCUT2D eigenvalue weighted by Crippen LogP contribution is -2.15. The number of nitrogens with one attached hydrogen (secondary N) is 2. The lowest BCUT2D eigenvalue weighted by atomic mass is 10.2. The van der Waals surface area contributed by atoms with Gasteiger partial charge in [0.25, 0.3) is 5.91 Å². The first kappa shape index (κ1) is 13.8. The second kappa shape index (κ2) is 5.31. The summed E-state index contributed by atoms with van der Waals surface area (Å²) in [7, 11) is 0. The molecule has 0 aliphatic carbocycles. The molecule has 106 valence electrons. The molecule has 1 amide bonds. The summed E-state index contributed by atoms with van der Waals surface area (Å²) in [6, 6.07) is 5.65. The highest BCUT2D eigenvalue weighted by atomic mass is 35.5. The van der Waals surface area contributed by atoms with E-state index >= 15 is 0 Å². The van der Waals surface area contributed by atoms with Crippen LogP contribution in [0.1, 0.15) is 10.5 Å². The van der Waals surface area contributed by atoms with Gasteiger partial charge < -0.3 is 5.32 Å². The van der Waals surface area contributed by atoms with E-state index in [2.05, 4.69) is 20.5 Å². The maximum absolute atomic E-state index is 13.1. The quantitative estimate of drug-likeness (QED) is 0.707. The van der Waals surface area contributed by atoms with Gasteiger partial charge in [0.2, 0.25) is 5.95 Å². The average molecular weight is 325 g/mol. The van der Waals surface area contributed by atoms with Crippen molar-refractivity contribution in [3.05, 3.63) is 52.1 Å². The first-order valence-corrected chi connectivity index (χ1v) is 6.57. The molecular formula is C13H7Cl2FN4O. The smallest absolute Gasteiger partial charge is 0.275 e. The van der Waals surface area contributed by atoms with Crippen LogP contribution in [-0.4, -0.2) is 21.1 Å². The van der Waals surface area contributed by atoms with Gasteiger partial charge in [-0.3, -0.25) is 9.89 Å². The van der Waals surface area contributed by atoms with Crippen molar-refractivity contribution in [2.45, 2.75) is 0 Å². The molecule has 3 rings (SSSR count). The van der Waals surface area contributed by atoms with E-state index < -0.39 is 11.9 Å². The van der Waals surface area contributed by atoms with Gasteiger partial charge in [0.15, 0.2) is 0 Å². The number of nitrogens with zero attached hydrogens (tertiary/aromatic N) is 2. The van der Waals surface area contributed by atoms with Crippen molar-refractivity contribution in [2.24, 2.45) is 0 Å². The number of aromatic nitrogens is 3. The molecule has 0 bridgehead atoms. The number of anilines is 1. The second-order valence-corrected chi connectivity index (χ2v) is 4.96. The Morgan fingerprint density at radius 2 is 2.05 bits per heavy atom. The largest absolute Gasteiger partial charge is 0.319 e. The van der Waals surface area contributed by atoms with Gasteiger partial charge in [0.05, 0.1) is 27.4 Å². The van der Waals surface area contributed by atoms with E-state index in [0.717, 1.165) is 11.6 Å². The fourth-order valence-corrected chi connectivity index (χ4v) is 2.29. The van der Waals surface area contributed by atoms with E-state index in [0.29, 0.717) is 16.1 Å². The first-order chi connectivity index (χ1) is 10.1. The van der Waals surface area contributed by atoms with Crippen LogP contribution in [0.3, 0.4) is 0 Å². The van der Waals surface area contributed by atoms with Crippen molar-refractivity contribution in [3.8, 4) is 0 Å². The predicted molar refractivity (Wildman–Crippen MR) is 78.3 cm³/mol. The Morgan fingerprint density at radius 1 is 1.24 bits per heavy atom. The highest BCUT2D eigenvalue weighted by Gasteiger charge is 2.16. The number of aromatic amines is 1. The maximum atomic E-state index is 13.1. The SMILES string of the molecule is O=C(Nc1ccc2[nH]ncc2c1Cl)c1nc(F)ccc1Cl. The summed E-state index contributed by atoms with van der Waals surface area (Å²) in [6.07, 6.45) is 1.54. The van der Waals surface area contributed by atoms with Crippen molar-refractivity contribution in [1.29, 1.82) is 0 Å². The summed E-state index contributed by atoms with van der Waals surface area (Å²) in [5.41, 5.74) is 0.887. The van der Waals surface area contributed by atoms with Crippen molar-refractivity contribution in [3.63, 3.8) is 0 Å². The molecule has 0 saturated heterocycles. The molecule has 1 aromatic carbocycles. The minimum atomic E-state index is -0.791. The van der Waals surface area contributed by atoms with Crippen LogP contribution in [0.5, 0.6) is 0 Å². The fourth-order valence-electron chi connectivity index (χ4n) is 1.84. The van der Waals surface area contributed by atoms with E-state index in [1.165, 1.54) is 6.07 Å².